The maximum absolute atomic E-state index is 3.73. The number of fused-ring (bicyclic) bond motifs is 1. The maximum atomic E-state index is 3.73. The normalized spacial score (nSPS) is 37.9. The zero-order valence-electron chi connectivity index (χ0n) is 9.60. The largest absolute Gasteiger partial charge is 0.342 e. The molecule has 0 radical (unpaired) electrons. The Morgan fingerprint density at radius 2 is 1.79 bits per heavy atom. The van der Waals surface area contributed by atoms with E-state index in [4.69, 9.17) is 0 Å². The summed E-state index contributed by atoms with van der Waals surface area (Å²) in [5.41, 5.74) is 1.15. The average molecular weight is 211 g/mol. The van der Waals surface area contributed by atoms with Crippen LogP contribution in [0.1, 0.15) is 51.9 Å². The molecule has 0 aliphatic heterocycles. The average Bonchev–Trinajstić information content (AvgIpc) is 2.60. The van der Waals surface area contributed by atoms with E-state index >= 15 is 0 Å². The lowest BCUT2D eigenvalue weighted by Crippen LogP contribution is -2.23. The van der Waals surface area contributed by atoms with Gasteiger partial charge in [-0.15, -0.1) is 0 Å². The molecule has 0 heterocycles. The first-order valence-corrected chi connectivity index (χ1v) is 8.13. The fraction of sp³-hybridized carbons (Fsp3) is 1.00. The number of hydrogen-bond donors (Lipinski definition) is 1. The van der Waals surface area contributed by atoms with E-state index in [-0.39, 0.29) is 9.68 Å². The Balaban J connectivity index is 1.70. The van der Waals surface area contributed by atoms with Crippen molar-refractivity contribution in [3.63, 3.8) is 0 Å². The van der Waals surface area contributed by atoms with Crippen molar-refractivity contribution < 1.29 is 0 Å². The first-order chi connectivity index (χ1) is 6.90. The molecule has 2 aliphatic carbocycles. The van der Waals surface area contributed by atoms with Crippen molar-refractivity contribution in [2.45, 2.75) is 57.4 Å². The molecule has 0 bridgehead atoms. The van der Waals surface area contributed by atoms with Crippen LogP contribution in [0, 0.1) is 11.8 Å². The van der Waals surface area contributed by atoms with E-state index in [1.54, 1.807) is 25.7 Å². The summed E-state index contributed by atoms with van der Waals surface area (Å²) in [6.45, 7) is 3.55. The quantitative estimate of drug-likeness (QED) is 0.556. The highest BCUT2D eigenvalue weighted by Gasteiger charge is 2.35. The lowest BCUT2D eigenvalue weighted by atomic mass is 9.82. The van der Waals surface area contributed by atoms with Crippen LogP contribution in [0.3, 0.4) is 0 Å². The van der Waals surface area contributed by atoms with Gasteiger partial charge in [0.25, 0.3) is 0 Å². The van der Waals surface area contributed by atoms with Gasteiger partial charge in [-0.05, 0) is 43.2 Å². The number of hydrogen-bond acceptors (Lipinski definition) is 1. The molecule has 82 valence electrons. The summed E-state index contributed by atoms with van der Waals surface area (Å²) < 4.78 is 0. The van der Waals surface area contributed by atoms with Crippen molar-refractivity contribution >= 4 is 9.68 Å². The van der Waals surface area contributed by atoms with Crippen LogP contribution in [0.5, 0.6) is 0 Å². The Bertz CT molecular complexity index is 158. The second-order valence-corrected chi connectivity index (χ2v) is 7.41. The summed E-state index contributed by atoms with van der Waals surface area (Å²) in [7, 11) is 0.0723. The van der Waals surface area contributed by atoms with Gasteiger partial charge in [-0.3, -0.25) is 0 Å². The topological polar surface area (TPSA) is 12.0 Å². The van der Waals surface area contributed by atoms with Gasteiger partial charge < -0.3 is 4.98 Å². The number of nitrogens with one attached hydrogen (secondary N) is 1. The van der Waals surface area contributed by atoms with Crippen LogP contribution >= 0.6 is 0 Å². The van der Waals surface area contributed by atoms with Crippen LogP contribution in [0.2, 0.25) is 5.54 Å². The van der Waals surface area contributed by atoms with Gasteiger partial charge in [0.05, 0.1) is 9.68 Å². The van der Waals surface area contributed by atoms with Crippen molar-refractivity contribution in [2.75, 3.05) is 6.54 Å². The van der Waals surface area contributed by atoms with Crippen LogP contribution in [0.25, 0.3) is 0 Å². The van der Waals surface area contributed by atoms with Gasteiger partial charge in [0, 0.05) is 0 Å². The van der Waals surface area contributed by atoms with Gasteiger partial charge in [-0.1, -0.05) is 32.6 Å². The van der Waals surface area contributed by atoms with Crippen molar-refractivity contribution in [3.05, 3.63) is 0 Å². The molecule has 0 aromatic carbocycles. The lowest BCUT2D eigenvalue weighted by molar-refractivity contribution is 0.277. The molecule has 0 saturated heterocycles. The van der Waals surface area contributed by atoms with Gasteiger partial charge in [0.15, 0.2) is 0 Å². The third-order valence-electron chi connectivity index (χ3n) is 4.20. The highest BCUT2D eigenvalue weighted by Crippen LogP contribution is 2.47. The smallest absolute Gasteiger partial charge is 0.0947 e. The summed E-state index contributed by atoms with van der Waals surface area (Å²) in [6.07, 6.45) is 10.7. The van der Waals surface area contributed by atoms with E-state index in [0.717, 1.165) is 17.4 Å². The van der Waals surface area contributed by atoms with Crippen LogP contribution < -0.4 is 4.98 Å². The van der Waals surface area contributed by atoms with Crippen molar-refractivity contribution in [3.8, 4) is 0 Å². The van der Waals surface area contributed by atoms with E-state index in [0.29, 0.717) is 0 Å². The predicted octanol–water partition coefficient (Wildman–Crippen LogP) is 2.46. The third kappa shape index (κ3) is 2.60. The number of rotatable bonds is 4. The molecule has 2 atom stereocenters. The summed E-state index contributed by atoms with van der Waals surface area (Å²) >= 11 is 0. The fourth-order valence-electron chi connectivity index (χ4n) is 3.51. The lowest BCUT2D eigenvalue weighted by Gasteiger charge is -2.24. The van der Waals surface area contributed by atoms with Crippen molar-refractivity contribution in [2.24, 2.45) is 11.8 Å². The molecular formula is C12H25NSi. The minimum Gasteiger partial charge on any atom is -0.342 e. The van der Waals surface area contributed by atoms with Crippen LogP contribution in [-0.2, 0) is 0 Å². The molecule has 1 nitrogen and oxygen atoms in total. The van der Waals surface area contributed by atoms with Gasteiger partial charge in [0.1, 0.15) is 0 Å². The Hall–Kier alpha value is 0.177. The molecule has 2 unspecified atom stereocenters. The molecule has 14 heavy (non-hydrogen) atoms. The zero-order chi connectivity index (χ0) is 9.80. The minimum atomic E-state index is 0.0723. The van der Waals surface area contributed by atoms with E-state index in [9.17, 15) is 0 Å². The monoisotopic (exact) mass is 211 g/mol. The van der Waals surface area contributed by atoms with E-state index in [1.807, 2.05) is 0 Å². The Kier molecular flexibility index (Phi) is 4.06. The van der Waals surface area contributed by atoms with Gasteiger partial charge >= 0.3 is 0 Å². The zero-order valence-corrected chi connectivity index (χ0v) is 11.0. The molecule has 2 rings (SSSR count). The third-order valence-corrected chi connectivity index (χ3v) is 6.08. The molecular weight excluding hydrogens is 186 g/mol. The Morgan fingerprint density at radius 3 is 2.36 bits per heavy atom. The molecule has 2 heteroatoms. The molecule has 0 aromatic rings. The van der Waals surface area contributed by atoms with Crippen LogP contribution in [-0.4, -0.2) is 16.2 Å². The summed E-state index contributed by atoms with van der Waals surface area (Å²) in [6, 6.07) is 0. The summed E-state index contributed by atoms with van der Waals surface area (Å²) in [5, 5.41) is 0. The summed E-state index contributed by atoms with van der Waals surface area (Å²) in [4.78, 5) is 3.73. The molecule has 0 aromatic heterocycles. The van der Waals surface area contributed by atoms with E-state index in [1.165, 1.54) is 25.8 Å². The SMILES string of the molecule is CCCN[SiH2]C1CC2CCCCC2C1. The van der Waals surface area contributed by atoms with Crippen molar-refractivity contribution in [1.82, 2.24) is 4.98 Å². The Morgan fingerprint density at radius 1 is 1.14 bits per heavy atom. The highest BCUT2D eigenvalue weighted by molar-refractivity contribution is 6.34. The molecule has 2 saturated carbocycles. The molecule has 0 amide bonds. The predicted molar refractivity (Wildman–Crippen MR) is 65.3 cm³/mol. The minimum absolute atomic E-state index is 0.0723. The van der Waals surface area contributed by atoms with Gasteiger partial charge in [-0.25, -0.2) is 0 Å². The fourth-order valence-corrected chi connectivity index (χ4v) is 5.66. The van der Waals surface area contributed by atoms with Gasteiger partial charge in [0.2, 0.25) is 0 Å². The Labute approximate surface area is 90.9 Å². The van der Waals surface area contributed by atoms with Crippen LogP contribution in [0.15, 0.2) is 0 Å². The second-order valence-electron chi connectivity index (χ2n) is 5.35. The first-order valence-electron chi connectivity index (χ1n) is 6.61. The molecule has 1 N–H and O–H groups in total. The summed E-state index contributed by atoms with van der Waals surface area (Å²) in [5.74, 6) is 2.29. The molecule has 2 aliphatic rings. The van der Waals surface area contributed by atoms with E-state index in [2.05, 4.69) is 11.9 Å². The van der Waals surface area contributed by atoms with E-state index < -0.39 is 0 Å². The van der Waals surface area contributed by atoms with Crippen LogP contribution in [0.4, 0.5) is 0 Å². The molecule has 2 fully saturated rings. The van der Waals surface area contributed by atoms with Gasteiger partial charge in [-0.2, -0.15) is 0 Å². The second kappa shape index (κ2) is 5.31. The first kappa shape index (κ1) is 10.7. The molecule has 0 spiro atoms. The standard InChI is InChI=1S/C12H25NSi/c1-2-7-13-14-12-8-10-5-3-4-6-11(10)9-12/h10-13H,2-9,14H2,1H3. The van der Waals surface area contributed by atoms with Crippen molar-refractivity contribution in [1.29, 1.82) is 0 Å². The highest BCUT2D eigenvalue weighted by atomic mass is 28.2. The maximum Gasteiger partial charge on any atom is 0.0947 e.